The first-order chi connectivity index (χ1) is 5.90. The molecule has 1 saturated heterocycles. The van der Waals surface area contributed by atoms with Gasteiger partial charge in [-0.15, -0.1) is 0 Å². The fourth-order valence-electron chi connectivity index (χ4n) is 2.27. The molecule has 1 N–H and O–H groups in total. The Morgan fingerprint density at radius 3 is 3.25 bits per heavy atom. The highest BCUT2D eigenvalue weighted by Crippen LogP contribution is 2.26. The first kappa shape index (κ1) is 7.99. The lowest BCUT2D eigenvalue weighted by Crippen LogP contribution is -2.29. The van der Waals surface area contributed by atoms with E-state index in [-0.39, 0.29) is 0 Å². The van der Waals surface area contributed by atoms with Gasteiger partial charge >= 0.3 is 0 Å². The summed E-state index contributed by atoms with van der Waals surface area (Å²) in [5.74, 6) is 0. The van der Waals surface area contributed by atoms with Gasteiger partial charge in [0, 0.05) is 18.5 Å². The minimum absolute atomic E-state index is 0.516. The molecule has 0 aromatic rings. The molecule has 1 unspecified atom stereocenters. The number of rotatable bonds is 2. The van der Waals surface area contributed by atoms with Crippen LogP contribution >= 0.6 is 0 Å². The zero-order chi connectivity index (χ0) is 8.39. The Hall–Kier alpha value is -0.630. The van der Waals surface area contributed by atoms with E-state index in [4.69, 9.17) is 0 Å². The van der Waals surface area contributed by atoms with Gasteiger partial charge in [-0.1, -0.05) is 11.6 Å². The van der Waals surface area contributed by atoms with Gasteiger partial charge in [-0.3, -0.25) is 0 Å². The number of aldehydes is 1. The van der Waals surface area contributed by atoms with E-state index in [1.165, 1.54) is 24.8 Å². The Kier molecular flexibility index (Phi) is 2.26. The smallest absolute Gasteiger partial charge is 0.124 e. The molecule has 0 amide bonds. The quantitative estimate of drug-likeness (QED) is 0.495. The van der Waals surface area contributed by atoms with Crippen LogP contribution in [0, 0.1) is 0 Å². The van der Waals surface area contributed by atoms with Crippen molar-refractivity contribution in [3.63, 3.8) is 0 Å². The number of carbonyl (C=O) groups excluding carboxylic acids is 1. The predicted molar refractivity (Wildman–Crippen MR) is 47.9 cm³/mol. The van der Waals surface area contributed by atoms with Crippen LogP contribution in [0.3, 0.4) is 0 Å². The fourth-order valence-corrected chi connectivity index (χ4v) is 2.27. The molecule has 0 aromatic carbocycles. The number of hydrogen-bond acceptors (Lipinski definition) is 2. The predicted octanol–water partition coefficient (Wildman–Crippen LogP) is 1.42. The lowest BCUT2D eigenvalue weighted by molar-refractivity contribution is -0.107. The number of carbonyl (C=O) groups is 1. The maximum absolute atomic E-state index is 10.4. The highest BCUT2D eigenvalue weighted by molar-refractivity contribution is 5.55. The van der Waals surface area contributed by atoms with Crippen molar-refractivity contribution in [2.75, 3.05) is 0 Å². The number of fused-ring (bicyclic) bond motifs is 2. The summed E-state index contributed by atoms with van der Waals surface area (Å²) < 4.78 is 0. The molecule has 2 rings (SSSR count). The Balaban J connectivity index is 2.09. The summed E-state index contributed by atoms with van der Waals surface area (Å²) in [6, 6.07) is 1.23. The molecule has 0 spiro atoms. The molecule has 1 fully saturated rings. The average molecular weight is 165 g/mol. The van der Waals surface area contributed by atoms with E-state index in [0.29, 0.717) is 12.5 Å². The van der Waals surface area contributed by atoms with Gasteiger partial charge in [-0.2, -0.15) is 0 Å². The molecule has 0 aromatic heterocycles. The summed E-state index contributed by atoms with van der Waals surface area (Å²) in [6.45, 7) is 0. The normalized spacial score (nSPS) is 34.2. The highest BCUT2D eigenvalue weighted by Gasteiger charge is 2.27. The summed E-state index contributed by atoms with van der Waals surface area (Å²) in [5, 5.41) is 3.56. The molecular weight excluding hydrogens is 150 g/mol. The molecule has 2 heteroatoms. The molecule has 2 heterocycles. The first-order valence-electron chi connectivity index (χ1n) is 4.79. The number of hydrogen-bond donors (Lipinski definition) is 1. The summed E-state index contributed by atoms with van der Waals surface area (Å²) in [5.41, 5.74) is 1.32. The maximum atomic E-state index is 10.4. The number of allylic oxidation sites excluding steroid dienone is 1. The van der Waals surface area contributed by atoms with Crippen molar-refractivity contribution in [3.05, 3.63) is 11.6 Å². The molecule has 0 saturated carbocycles. The Bertz CT molecular complexity index is 210. The second-order valence-corrected chi connectivity index (χ2v) is 3.72. The van der Waals surface area contributed by atoms with E-state index in [1.807, 2.05) is 0 Å². The Morgan fingerprint density at radius 2 is 2.42 bits per heavy atom. The Morgan fingerprint density at radius 1 is 1.50 bits per heavy atom. The van der Waals surface area contributed by atoms with Crippen LogP contribution < -0.4 is 5.32 Å². The van der Waals surface area contributed by atoms with Gasteiger partial charge in [0.25, 0.3) is 0 Å². The zero-order valence-corrected chi connectivity index (χ0v) is 7.25. The van der Waals surface area contributed by atoms with Gasteiger partial charge < -0.3 is 10.1 Å². The van der Waals surface area contributed by atoms with Crippen molar-refractivity contribution in [1.29, 1.82) is 0 Å². The summed E-state index contributed by atoms with van der Waals surface area (Å²) in [7, 11) is 0. The molecule has 12 heavy (non-hydrogen) atoms. The molecule has 0 aliphatic carbocycles. The average Bonchev–Trinajstić information content (AvgIpc) is 2.41. The van der Waals surface area contributed by atoms with Crippen LogP contribution in [-0.4, -0.2) is 18.4 Å². The molecule has 2 nitrogen and oxygen atoms in total. The lowest BCUT2D eigenvalue weighted by Gasteiger charge is -2.11. The van der Waals surface area contributed by atoms with Crippen molar-refractivity contribution in [1.82, 2.24) is 5.32 Å². The van der Waals surface area contributed by atoms with Crippen molar-refractivity contribution < 1.29 is 4.79 Å². The molecule has 2 atom stereocenters. The van der Waals surface area contributed by atoms with Crippen LogP contribution in [-0.2, 0) is 4.79 Å². The minimum atomic E-state index is 0.516. The van der Waals surface area contributed by atoms with Crippen molar-refractivity contribution in [2.24, 2.45) is 0 Å². The Labute approximate surface area is 73.0 Å². The highest BCUT2D eigenvalue weighted by atomic mass is 16.1. The van der Waals surface area contributed by atoms with E-state index in [2.05, 4.69) is 11.4 Å². The van der Waals surface area contributed by atoms with Gasteiger partial charge in [-0.05, 0) is 25.7 Å². The SMILES string of the molecule is O=CCC1=CCCC2CC[C@H]1N2. The second kappa shape index (κ2) is 3.40. The summed E-state index contributed by atoms with van der Waals surface area (Å²) in [6.07, 6.45) is 8.82. The van der Waals surface area contributed by atoms with Crippen molar-refractivity contribution in [3.8, 4) is 0 Å². The lowest BCUT2D eigenvalue weighted by atomic mass is 9.98. The van der Waals surface area contributed by atoms with E-state index < -0.39 is 0 Å². The van der Waals surface area contributed by atoms with Gasteiger partial charge in [0.15, 0.2) is 0 Å². The second-order valence-electron chi connectivity index (χ2n) is 3.72. The summed E-state index contributed by atoms with van der Waals surface area (Å²) >= 11 is 0. The van der Waals surface area contributed by atoms with Gasteiger partial charge in [0.1, 0.15) is 6.29 Å². The molecular formula is C10H15NO. The van der Waals surface area contributed by atoms with Gasteiger partial charge in [0.2, 0.25) is 0 Å². The molecule has 2 aliphatic heterocycles. The fraction of sp³-hybridized carbons (Fsp3) is 0.700. The van der Waals surface area contributed by atoms with Crippen LogP contribution in [0.1, 0.15) is 32.1 Å². The summed E-state index contributed by atoms with van der Waals surface area (Å²) in [4.78, 5) is 10.4. The maximum Gasteiger partial charge on any atom is 0.124 e. The van der Waals surface area contributed by atoms with E-state index >= 15 is 0 Å². The van der Waals surface area contributed by atoms with Crippen LogP contribution in [0.2, 0.25) is 0 Å². The van der Waals surface area contributed by atoms with Crippen molar-refractivity contribution >= 4 is 6.29 Å². The third kappa shape index (κ3) is 1.44. The van der Waals surface area contributed by atoms with Crippen LogP contribution in [0.15, 0.2) is 11.6 Å². The topological polar surface area (TPSA) is 29.1 Å². The third-order valence-electron chi connectivity index (χ3n) is 2.93. The van der Waals surface area contributed by atoms with Crippen molar-refractivity contribution in [2.45, 2.75) is 44.2 Å². The molecule has 66 valence electrons. The molecule has 0 radical (unpaired) electrons. The minimum Gasteiger partial charge on any atom is -0.307 e. The largest absolute Gasteiger partial charge is 0.307 e. The third-order valence-corrected chi connectivity index (χ3v) is 2.93. The monoisotopic (exact) mass is 165 g/mol. The van der Waals surface area contributed by atoms with Gasteiger partial charge in [-0.25, -0.2) is 0 Å². The molecule has 2 aliphatic rings. The zero-order valence-electron chi connectivity index (χ0n) is 7.25. The standard InChI is InChI=1S/C10H15NO/c12-7-6-8-2-1-3-9-4-5-10(8)11-9/h2,7,9-11H,1,3-6H2/t9?,10-/m1/s1. The van der Waals surface area contributed by atoms with E-state index in [0.717, 1.165) is 18.7 Å². The first-order valence-corrected chi connectivity index (χ1v) is 4.79. The van der Waals surface area contributed by atoms with Crippen LogP contribution in [0.5, 0.6) is 0 Å². The van der Waals surface area contributed by atoms with Crippen LogP contribution in [0.25, 0.3) is 0 Å². The molecule has 2 bridgehead atoms. The van der Waals surface area contributed by atoms with E-state index in [1.54, 1.807) is 0 Å². The van der Waals surface area contributed by atoms with Gasteiger partial charge in [0.05, 0.1) is 0 Å². The number of nitrogens with one attached hydrogen (secondary N) is 1. The van der Waals surface area contributed by atoms with E-state index in [9.17, 15) is 4.79 Å². The van der Waals surface area contributed by atoms with Crippen LogP contribution in [0.4, 0.5) is 0 Å².